The Morgan fingerprint density at radius 1 is 1.26 bits per heavy atom. The number of aliphatic carboxylic acids is 1. The Morgan fingerprint density at radius 3 is 2.50 bits per heavy atom. The standard InChI is InChI=1S/C26H27ClF2N2O3/c1-15-8-9-18(20(28)10-15)26(14-30)16(12-25(2,3)4)13-31(21(32)11-22(33)34)24(26)17-6-5-7-19(27)23(17)29/h5-10,16,24H,11-13H2,1-4H3,(H,33,34)/t16-,24-,26?/m1/s1. The first-order chi connectivity index (χ1) is 15.8. The van der Waals surface area contributed by atoms with Gasteiger partial charge < -0.3 is 10.0 Å². The molecule has 0 aromatic heterocycles. The molecule has 1 aliphatic heterocycles. The molecule has 2 aromatic carbocycles. The lowest BCUT2D eigenvalue weighted by atomic mass is 9.63. The summed E-state index contributed by atoms with van der Waals surface area (Å²) in [7, 11) is 0. The lowest BCUT2D eigenvalue weighted by molar-refractivity contribution is -0.144. The van der Waals surface area contributed by atoms with Crippen LogP contribution in [0.5, 0.6) is 0 Å². The molecule has 1 unspecified atom stereocenters. The van der Waals surface area contributed by atoms with Crippen molar-refractivity contribution in [2.45, 2.75) is 52.0 Å². The molecule has 5 nitrogen and oxygen atoms in total. The highest BCUT2D eigenvalue weighted by Gasteiger charge is 2.60. The van der Waals surface area contributed by atoms with E-state index in [-0.39, 0.29) is 28.1 Å². The smallest absolute Gasteiger partial charge is 0.312 e. The van der Waals surface area contributed by atoms with Gasteiger partial charge in [0.25, 0.3) is 0 Å². The topological polar surface area (TPSA) is 81.4 Å². The predicted octanol–water partition coefficient (Wildman–Crippen LogP) is 5.80. The summed E-state index contributed by atoms with van der Waals surface area (Å²) in [6, 6.07) is 9.71. The second kappa shape index (κ2) is 9.34. The van der Waals surface area contributed by atoms with Crippen molar-refractivity contribution in [3.8, 4) is 6.07 Å². The van der Waals surface area contributed by atoms with Gasteiger partial charge in [0.05, 0.1) is 17.1 Å². The van der Waals surface area contributed by atoms with Gasteiger partial charge in [-0.2, -0.15) is 5.26 Å². The zero-order chi connectivity index (χ0) is 25.4. The number of hydrogen-bond donors (Lipinski definition) is 1. The van der Waals surface area contributed by atoms with Crippen LogP contribution in [-0.4, -0.2) is 28.4 Å². The number of aryl methyl sites for hydroxylation is 1. The molecule has 0 spiro atoms. The van der Waals surface area contributed by atoms with Gasteiger partial charge in [-0.1, -0.05) is 56.6 Å². The molecule has 3 rings (SSSR count). The fourth-order valence-electron chi connectivity index (χ4n) is 5.08. The van der Waals surface area contributed by atoms with Crippen molar-refractivity contribution in [1.29, 1.82) is 5.26 Å². The van der Waals surface area contributed by atoms with Crippen LogP contribution in [0.1, 0.15) is 56.3 Å². The number of rotatable bonds is 5. The van der Waals surface area contributed by atoms with Crippen molar-refractivity contribution in [1.82, 2.24) is 4.90 Å². The third-order valence-electron chi connectivity index (χ3n) is 6.32. The minimum atomic E-state index is -1.68. The summed E-state index contributed by atoms with van der Waals surface area (Å²) >= 11 is 6.05. The van der Waals surface area contributed by atoms with Crippen molar-refractivity contribution in [3.63, 3.8) is 0 Å². The van der Waals surface area contributed by atoms with E-state index in [0.29, 0.717) is 12.0 Å². The lowest BCUT2D eigenvalue weighted by Crippen LogP contribution is -2.41. The van der Waals surface area contributed by atoms with E-state index in [1.54, 1.807) is 13.0 Å². The number of nitriles is 1. The summed E-state index contributed by atoms with van der Waals surface area (Å²) in [5, 5.41) is 19.7. The van der Waals surface area contributed by atoms with E-state index in [1.807, 2.05) is 20.8 Å². The van der Waals surface area contributed by atoms with Gasteiger partial charge in [-0.25, -0.2) is 8.78 Å². The number of carboxylic acids is 1. The Hall–Kier alpha value is -2.98. The summed E-state index contributed by atoms with van der Waals surface area (Å²) in [5.74, 6) is -4.19. The first kappa shape index (κ1) is 25.6. The first-order valence-electron chi connectivity index (χ1n) is 10.9. The minimum absolute atomic E-state index is 0.0269. The molecule has 1 amide bonds. The molecule has 1 fully saturated rings. The van der Waals surface area contributed by atoms with Crippen molar-refractivity contribution >= 4 is 23.5 Å². The number of likely N-dealkylation sites (tertiary alicyclic amines) is 1. The number of benzene rings is 2. The number of carboxylic acid groups (broad SMARTS) is 1. The maximum Gasteiger partial charge on any atom is 0.312 e. The SMILES string of the molecule is Cc1ccc(C2(C#N)[C@H](CC(C)(C)C)CN(C(=O)CC(=O)O)[C@@H]2c2cccc(Cl)c2F)c(F)c1. The number of carbonyl (C=O) groups is 2. The van der Waals surface area contributed by atoms with Crippen LogP contribution in [0.15, 0.2) is 36.4 Å². The maximum absolute atomic E-state index is 15.5. The first-order valence-corrected chi connectivity index (χ1v) is 11.3. The summed E-state index contributed by atoms with van der Waals surface area (Å²) < 4.78 is 30.9. The van der Waals surface area contributed by atoms with Crippen LogP contribution in [0.3, 0.4) is 0 Å². The van der Waals surface area contributed by atoms with E-state index < -0.39 is 47.3 Å². The van der Waals surface area contributed by atoms with Crippen molar-refractivity contribution < 1.29 is 23.5 Å². The Balaban J connectivity index is 2.38. The van der Waals surface area contributed by atoms with Crippen molar-refractivity contribution in [3.05, 3.63) is 69.7 Å². The molecule has 0 saturated carbocycles. The summed E-state index contributed by atoms with van der Waals surface area (Å²) in [4.78, 5) is 25.7. The molecular formula is C26H27ClF2N2O3. The number of halogens is 3. The van der Waals surface area contributed by atoms with Crippen LogP contribution < -0.4 is 0 Å². The van der Waals surface area contributed by atoms with Crippen LogP contribution in [-0.2, 0) is 15.0 Å². The quantitative estimate of drug-likeness (QED) is 0.539. The molecule has 180 valence electrons. The van der Waals surface area contributed by atoms with Crippen LogP contribution in [0.4, 0.5) is 8.78 Å². The monoisotopic (exact) mass is 488 g/mol. The number of hydrogen-bond acceptors (Lipinski definition) is 3. The molecule has 1 N–H and O–H groups in total. The predicted molar refractivity (Wildman–Crippen MR) is 124 cm³/mol. The summed E-state index contributed by atoms with van der Waals surface area (Å²) in [5.41, 5.74) is -1.36. The van der Waals surface area contributed by atoms with Crippen molar-refractivity contribution in [2.75, 3.05) is 6.54 Å². The second-order valence-electron chi connectivity index (χ2n) is 10.1. The highest BCUT2D eigenvalue weighted by Crippen LogP contribution is 2.56. The van der Waals surface area contributed by atoms with Crippen molar-refractivity contribution in [2.24, 2.45) is 11.3 Å². The summed E-state index contributed by atoms with van der Waals surface area (Å²) in [6.07, 6.45) is -0.428. The molecule has 34 heavy (non-hydrogen) atoms. The number of amides is 1. The minimum Gasteiger partial charge on any atom is -0.481 e. The van der Waals surface area contributed by atoms with E-state index in [9.17, 15) is 20.0 Å². The fraction of sp³-hybridized carbons (Fsp3) is 0.423. The normalized spacial score (nSPS) is 22.5. The van der Waals surface area contributed by atoms with E-state index >= 15 is 8.78 Å². The van der Waals surface area contributed by atoms with Gasteiger partial charge in [0.2, 0.25) is 5.91 Å². The lowest BCUT2D eigenvalue weighted by Gasteiger charge is -2.38. The zero-order valence-corrected chi connectivity index (χ0v) is 20.3. The molecule has 0 radical (unpaired) electrons. The maximum atomic E-state index is 15.5. The molecular weight excluding hydrogens is 462 g/mol. The third-order valence-corrected chi connectivity index (χ3v) is 6.61. The second-order valence-corrected chi connectivity index (χ2v) is 10.5. The Kier molecular flexibility index (Phi) is 7.05. The van der Waals surface area contributed by atoms with Gasteiger partial charge in [-0.05, 0) is 36.5 Å². The number of nitrogens with zero attached hydrogens (tertiary/aromatic N) is 2. The molecule has 8 heteroatoms. The Bertz CT molecular complexity index is 1170. The summed E-state index contributed by atoms with van der Waals surface area (Å²) in [6.45, 7) is 7.55. The van der Waals surface area contributed by atoms with Gasteiger partial charge in [-0.15, -0.1) is 0 Å². The van der Waals surface area contributed by atoms with Gasteiger partial charge in [0.15, 0.2) is 0 Å². The van der Waals surface area contributed by atoms with Crippen LogP contribution >= 0.6 is 11.6 Å². The van der Waals surface area contributed by atoms with Gasteiger partial charge >= 0.3 is 5.97 Å². The van der Waals surface area contributed by atoms with E-state index in [1.165, 1.54) is 35.2 Å². The van der Waals surface area contributed by atoms with Gasteiger partial charge in [0, 0.05) is 23.6 Å². The van der Waals surface area contributed by atoms with E-state index in [2.05, 4.69) is 6.07 Å². The fourth-order valence-corrected chi connectivity index (χ4v) is 5.26. The van der Waals surface area contributed by atoms with Crippen LogP contribution in [0.2, 0.25) is 5.02 Å². The largest absolute Gasteiger partial charge is 0.481 e. The van der Waals surface area contributed by atoms with E-state index in [4.69, 9.17) is 11.6 Å². The average Bonchev–Trinajstić information content (AvgIpc) is 3.02. The Morgan fingerprint density at radius 2 is 1.94 bits per heavy atom. The Labute approximate surface area is 202 Å². The molecule has 1 aliphatic rings. The molecule has 1 saturated heterocycles. The van der Waals surface area contributed by atoms with Gasteiger partial charge in [0.1, 0.15) is 23.5 Å². The van der Waals surface area contributed by atoms with Crippen LogP contribution in [0.25, 0.3) is 0 Å². The molecule has 2 aromatic rings. The van der Waals surface area contributed by atoms with Gasteiger partial charge in [-0.3, -0.25) is 9.59 Å². The number of carbonyl (C=O) groups excluding carboxylic acids is 1. The highest BCUT2D eigenvalue weighted by atomic mass is 35.5. The molecule has 1 heterocycles. The molecule has 0 bridgehead atoms. The molecule has 0 aliphatic carbocycles. The van der Waals surface area contributed by atoms with Crippen LogP contribution in [0, 0.1) is 41.2 Å². The van der Waals surface area contributed by atoms with E-state index in [0.717, 1.165) is 0 Å². The molecule has 3 atom stereocenters. The average molecular weight is 489 g/mol. The third kappa shape index (κ3) is 4.65. The zero-order valence-electron chi connectivity index (χ0n) is 19.5. The highest BCUT2D eigenvalue weighted by molar-refractivity contribution is 6.30.